The van der Waals surface area contributed by atoms with Crippen LogP contribution in [0.2, 0.25) is 0 Å². The fourth-order valence-corrected chi connectivity index (χ4v) is 3.18. The molecule has 0 fully saturated rings. The maximum absolute atomic E-state index is 14.3. The van der Waals surface area contributed by atoms with E-state index in [1.54, 1.807) is 0 Å². The number of aryl methyl sites for hydroxylation is 1. The molecule has 0 aliphatic rings. The van der Waals surface area contributed by atoms with Crippen molar-refractivity contribution in [1.29, 1.82) is 0 Å². The monoisotopic (exact) mass is 493 g/mol. The molecule has 2 aromatic rings. The molecule has 2 amide bonds. The number of amides is 2. The third-order valence-corrected chi connectivity index (χ3v) is 5.04. The Morgan fingerprint density at radius 2 is 1.56 bits per heavy atom. The number of rotatable bonds is 7. The van der Waals surface area contributed by atoms with Gasteiger partial charge in [0, 0.05) is 23.5 Å². The Bertz CT molecular complexity index is 1050. The highest BCUT2D eigenvalue weighted by Gasteiger charge is 2.73. The summed E-state index contributed by atoms with van der Waals surface area (Å²) in [4.78, 5) is 25.3. The lowest BCUT2D eigenvalue weighted by atomic mass is 9.92. The van der Waals surface area contributed by atoms with Gasteiger partial charge in [-0.05, 0) is 37.1 Å². The largest absolute Gasteiger partial charge is 0.435 e. The molecule has 5 nitrogen and oxygen atoms in total. The third-order valence-electron chi connectivity index (χ3n) is 5.04. The van der Waals surface area contributed by atoms with Crippen LogP contribution in [0.15, 0.2) is 36.4 Å². The summed E-state index contributed by atoms with van der Waals surface area (Å²) < 4.78 is 92.3. The van der Waals surface area contributed by atoms with Gasteiger partial charge in [0.2, 0.25) is 0 Å². The lowest BCUT2D eigenvalue weighted by Crippen LogP contribution is -2.50. The number of unbranched alkanes of at least 4 members (excludes halogenated alkanes) is 1. The first-order valence-corrected chi connectivity index (χ1v) is 10.1. The first-order valence-electron chi connectivity index (χ1n) is 10.1. The summed E-state index contributed by atoms with van der Waals surface area (Å²) in [5.74, 6) is -1.51. The van der Waals surface area contributed by atoms with Crippen LogP contribution in [0.5, 0.6) is 0 Å². The predicted molar refractivity (Wildman–Crippen MR) is 112 cm³/mol. The SMILES string of the molecule is CCCCNC(=O)c1c(N)cccc1C(=O)Nc1ccc(C(F)(C(F)(F)F)C(F)(F)F)cc1C. The van der Waals surface area contributed by atoms with E-state index in [4.69, 9.17) is 5.73 Å². The molecule has 0 radical (unpaired) electrons. The summed E-state index contributed by atoms with van der Waals surface area (Å²) >= 11 is 0. The topological polar surface area (TPSA) is 84.2 Å². The van der Waals surface area contributed by atoms with E-state index < -0.39 is 35.4 Å². The minimum atomic E-state index is -6.26. The van der Waals surface area contributed by atoms with Crippen molar-refractivity contribution in [1.82, 2.24) is 5.32 Å². The Hall–Kier alpha value is -3.31. The first-order chi connectivity index (χ1) is 15.6. The zero-order chi connectivity index (χ0) is 25.9. The van der Waals surface area contributed by atoms with Gasteiger partial charge in [0.25, 0.3) is 11.8 Å². The van der Waals surface area contributed by atoms with E-state index in [1.807, 2.05) is 6.92 Å². The molecule has 0 heterocycles. The van der Waals surface area contributed by atoms with Crippen molar-refractivity contribution in [3.05, 3.63) is 58.7 Å². The van der Waals surface area contributed by atoms with Crippen molar-refractivity contribution in [3.63, 3.8) is 0 Å². The summed E-state index contributed by atoms with van der Waals surface area (Å²) in [6, 6.07) is 5.44. The van der Waals surface area contributed by atoms with Gasteiger partial charge in [0.05, 0.1) is 11.1 Å². The van der Waals surface area contributed by atoms with E-state index >= 15 is 0 Å². The normalized spacial score (nSPS) is 12.4. The summed E-state index contributed by atoms with van der Waals surface area (Å²) in [6.07, 6.45) is -11.0. The van der Waals surface area contributed by atoms with Crippen LogP contribution in [-0.4, -0.2) is 30.7 Å². The van der Waals surface area contributed by atoms with Gasteiger partial charge in [-0.25, -0.2) is 4.39 Å². The average molecular weight is 493 g/mol. The molecule has 2 aromatic carbocycles. The molecule has 0 spiro atoms. The van der Waals surface area contributed by atoms with E-state index in [2.05, 4.69) is 10.6 Å². The van der Waals surface area contributed by atoms with E-state index in [1.165, 1.54) is 18.2 Å². The molecule has 4 N–H and O–H groups in total. The van der Waals surface area contributed by atoms with Crippen LogP contribution in [0.4, 0.5) is 42.1 Å². The molecule has 34 heavy (non-hydrogen) atoms. The quantitative estimate of drug-likeness (QED) is 0.265. The molecule has 0 bridgehead atoms. The van der Waals surface area contributed by atoms with Gasteiger partial charge in [0.15, 0.2) is 0 Å². The van der Waals surface area contributed by atoms with Crippen molar-refractivity contribution in [2.45, 2.75) is 44.7 Å². The van der Waals surface area contributed by atoms with Gasteiger partial charge in [-0.15, -0.1) is 0 Å². The molecule has 0 aliphatic carbocycles. The van der Waals surface area contributed by atoms with Gasteiger partial charge in [0.1, 0.15) is 0 Å². The zero-order valence-corrected chi connectivity index (χ0v) is 18.1. The highest BCUT2D eigenvalue weighted by molar-refractivity contribution is 6.14. The lowest BCUT2D eigenvalue weighted by Gasteiger charge is -2.30. The van der Waals surface area contributed by atoms with E-state index in [-0.39, 0.29) is 28.1 Å². The van der Waals surface area contributed by atoms with Gasteiger partial charge < -0.3 is 16.4 Å². The Kier molecular flexibility index (Phi) is 7.84. The minimum Gasteiger partial charge on any atom is -0.398 e. The van der Waals surface area contributed by atoms with E-state index in [9.17, 15) is 40.3 Å². The van der Waals surface area contributed by atoms with Crippen molar-refractivity contribution >= 4 is 23.2 Å². The molecule has 12 heteroatoms. The number of carbonyl (C=O) groups is 2. The van der Waals surface area contributed by atoms with Crippen LogP contribution in [-0.2, 0) is 5.67 Å². The molecule has 0 saturated carbocycles. The Morgan fingerprint density at radius 1 is 0.941 bits per heavy atom. The number of hydrogen-bond acceptors (Lipinski definition) is 3. The van der Waals surface area contributed by atoms with Crippen molar-refractivity contribution in [3.8, 4) is 0 Å². The maximum atomic E-state index is 14.3. The second-order valence-corrected chi connectivity index (χ2v) is 7.52. The molecule has 0 unspecified atom stereocenters. The number of nitrogen functional groups attached to an aromatic ring is 1. The number of nitrogens with two attached hydrogens (primary N) is 1. The Morgan fingerprint density at radius 3 is 2.09 bits per heavy atom. The average Bonchev–Trinajstić information content (AvgIpc) is 2.72. The zero-order valence-electron chi connectivity index (χ0n) is 18.1. The van der Waals surface area contributed by atoms with Crippen molar-refractivity contribution < 1.29 is 40.3 Å². The van der Waals surface area contributed by atoms with Crippen LogP contribution in [0.1, 0.15) is 51.6 Å². The van der Waals surface area contributed by atoms with Gasteiger partial charge >= 0.3 is 18.0 Å². The molecule has 0 atom stereocenters. The number of halogens is 7. The summed E-state index contributed by atoms with van der Waals surface area (Å²) in [5.41, 5.74) is -2.18. The highest BCUT2D eigenvalue weighted by Crippen LogP contribution is 2.53. The van der Waals surface area contributed by atoms with Gasteiger partial charge in [-0.3, -0.25) is 9.59 Å². The fourth-order valence-electron chi connectivity index (χ4n) is 3.18. The van der Waals surface area contributed by atoms with Crippen LogP contribution < -0.4 is 16.4 Å². The van der Waals surface area contributed by atoms with Crippen molar-refractivity contribution in [2.24, 2.45) is 0 Å². The highest BCUT2D eigenvalue weighted by atomic mass is 19.4. The van der Waals surface area contributed by atoms with E-state index in [0.29, 0.717) is 25.1 Å². The van der Waals surface area contributed by atoms with Gasteiger partial charge in [-0.2, -0.15) is 26.3 Å². The summed E-state index contributed by atoms with van der Waals surface area (Å²) in [6.45, 7) is 3.34. The standard InChI is InChI=1S/C22H22F7N3O2/c1-3-4-10-31-19(34)17-14(6-5-7-15(17)30)18(33)32-16-9-8-13(11-12(16)2)20(23,21(24,25)26)22(27,28)29/h5-9,11H,3-4,10,30H2,1-2H3,(H,31,34)(H,32,33). The van der Waals surface area contributed by atoms with E-state index in [0.717, 1.165) is 19.4 Å². The molecular formula is C22H22F7N3O2. The third kappa shape index (κ3) is 5.26. The van der Waals surface area contributed by atoms with Gasteiger partial charge in [-0.1, -0.05) is 31.5 Å². The van der Waals surface area contributed by atoms with Crippen molar-refractivity contribution in [2.75, 3.05) is 17.6 Å². The summed E-state index contributed by atoms with van der Waals surface area (Å²) in [7, 11) is 0. The number of alkyl halides is 7. The molecule has 0 aromatic heterocycles. The minimum absolute atomic E-state index is 0.00807. The lowest BCUT2D eigenvalue weighted by molar-refractivity contribution is -0.348. The number of anilines is 2. The Labute approximate surface area is 190 Å². The molecule has 186 valence electrons. The molecular weight excluding hydrogens is 471 g/mol. The number of hydrogen-bond donors (Lipinski definition) is 3. The smallest absolute Gasteiger partial charge is 0.398 e. The fraction of sp³-hybridized carbons (Fsp3) is 0.364. The Balaban J connectivity index is 2.39. The van der Waals surface area contributed by atoms with Crippen LogP contribution >= 0.6 is 0 Å². The second-order valence-electron chi connectivity index (χ2n) is 7.52. The van der Waals surface area contributed by atoms with Crippen LogP contribution in [0.3, 0.4) is 0 Å². The maximum Gasteiger partial charge on any atom is 0.435 e. The number of nitrogens with one attached hydrogen (secondary N) is 2. The van der Waals surface area contributed by atoms with Crippen LogP contribution in [0, 0.1) is 6.92 Å². The van der Waals surface area contributed by atoms with Crippen LogP contribution in [0.25, 0.3) is 0 Å². The second kappa shape index (κ2) is 9.90. The first kappa shape index (κ1) is 26.9. The molecule has 2 rings (SSSR count). The molecule has 0 saturated heterocycles. The number of benzene rings is 2. The predicted octanol–water partition coefficient (Wildman–Crippen LogP) is 5.65. The molecule has 0 aliphatic heterocycles. The number of carbonyl (C=O) groups excluding carboxylic acids is 2. The summed E-state index contributed by atoms with van der Waals surface area (Å²) in [5, 5.41) is 4.92.